The molecule has 0 atom stereocenters. The second kappa shape index (κ2) is 5.28. The van der Waals surface area contributed by atoms with Crippen LogP contribution in [0.5, 0.6) is 0 Å². The smallest absolute Gasteiger partial charge is 0.306 e. The lowest BCUT2D eigenvalue weighted by Crippen LogP contribution is -2.35. The molecule has 1 aromatic heterocycles. The van der Waals surface area contributed by atoms with Crippen LogP contribution in [0.1, 0.15) is 45.3 Å². The molecule has 1 aliphatic heterocycles. The number of hydrogen-bond donors (Lipinski definition) is 1. The second-order valence-corrected chi connectivity index (χ2v) is 6.15. The van der Waals surface area contributed by atoms with Crippen LogP contribution in [0.2, 0.25) is 0 Å². The van der Waals surface area contributed by atoms with Crippen LogP contribution in [0.15, 0.2) is 4.52 Å². The van der Waals surface area contributed by atoms with Crippen LogP contribution in [0, 0.1) is 5.92 Å². The highest BCUT2D eigenvalue weighted by atomic mass is 16.5. The fourth-order valence-corrected chi connectivity index (χ4v) is 2.15. The first-order chi connectivity index (χ1) is 8.86. The van der Waals surface area contributed by atoms with Gasteiger partial charge in [-0.1, -0.05) is 25.9 Å². The van der Waals surface area contributed by atoms with Gasteiger partial charge in [-0.3, -0.25) is 9.69 Å². The summed E-state index contributed by atoms with van der Waals surface area (Å²) in [7, 11) is 0. The van der Waals surface area contributed by atoms with Crippen molar-refractivity contribution in [2.24, 2.45) is 5.92 Å². The monoisotopic (exact) mass is 267 g/mol. The number of rotatable bonds is 3. The van der Waals surface area contributed by atoms with Gasteiger partial charge in [-0.05, 0) is 25.9 Å². The zero-order valence-electron chi connectivity index (χ0n) is 11.7. The van der Waals surface area contributed by atoms with Gasteiger partial charge in [0.2, 0.25) is 5.89 Å². The molecular formula is C13H21N3O3. The van der Waals surface area contributed by atoms with E-state index in [0.29, 0.717) is 31.1 Å². The molecule has 0 bridgehead atoms. The predicted molar refractivity (Wildman–Crippen MR) is 68.6 cm³/mol. The van der Waals surface area contributed by atoms with Crippen LogP contribution in [0.4, 0.5) is 0 Å². The Morgan fingerprint density at radius 2 is 2.05 bits per heavy atom. The Morgan fingerprint density at radius 1 is 1.42 bits per heavy atom. The van der Waals surface area contributed by atoms with E-state index in [-0.39, 0.29) is 11.3 Å². The molecule has 6 heteroatoms. The summed E-state index contributed by atoms with van der Waals surface area (Å²) in [6, 6.07) is 0. The number of carbonyl (C=O) groups is 1. The molecule has 0 aromatic carbocycles. The van der Waals surface area contributed by atoms with Crippen LogP contribution in [-0.2, 0) is 16.8 Å². The molecule has 0 unspecified atom stereocenters. The molecule has 2 rings (SSSR count). The molecule has 0 saturated carbocycles. The SMILES string of the molecule is CC(C)(C)c1noc(CN2CCC(C(=O)O)CC2)n1. The fourth-order valence-electron chi connectivity index (χ4n) is 2.15. The average Bonchev–Trinajstić information content (AvgIpc) is 2.78. The standard InChI is InChI=1S/C13H21N3O3/c1-13(2,3)12-14-10(19-15-12)8-16-6-4-9(5-7-16)11(17)18/h9H,4-8H2,1-3H3,(H,17,18). The summed E-state index contributed by atoms with van der Waals surface area (Å²) in [4.78, 5) is 17.4. The Labute approximate surface area is 112 Å². The summed E-state index contributed by atoms with van der Waals surface area (Å²) in [6.45, 7) is 8.27. The molecule has 2 heterocycles. The van der Waals surface area contributed by atoms with Crippen molar-refractivity contribution in [2.45, 2.75) is 45.6 Å². The van der Waals surface area contributed by atoms with Crippen molar-refractivity contribution in [1.82, 2.24) is 15.0 Å². The molecule has 1 saturated heterocycles. The second-order valence-electron chi connectivity index (χ2n) is 6.15. The molecule has 0 radical (unpaired) electrons. The highest BCUT2D eigenvalue weighted by molar-refractivity contribution is 5.70. The molecule has 0 amide bonds. The maximum atomic E-state index is 10.9. The van der Waals surface area contributed by atoms with Crippen molar-refractivity contribution < 1.29 is 14.4 Å². The van der Waals surface area contributed by atoms with Gasteiger partial charge in [0.25, 0.3) is 0 Å². The Hall–Kier alpha value is -1.43. The van der Waals surface area contributed by atoms with Gasteiger partial charge in [0.15, 0.2) is 5.82 Å². The van der Waals surface area contributed by atoms with Crippen molar-refractivity contribution in [3.05, 3.63) is 11.7 Å². The molecular weight excluding hydrogens is 246 g/mol. The minimum atomic E-state index is -0.688. The van der Waals surface area contributed by atoms with Gasteiger partial charge >= 0.3 is 5.97 Å². The van der Waals surface area contributed by atoms with E-state index in [9.17, 15) is 4.79 Å². The summed E-state index contributed by atoms with van der Waals surface area (Å²) in [5, 5.41) is 12.9. The number of hydrogen-bond acceptors (Lipinski definition) is 5. The highest BCUT2D eigenvalue weighted by Gasteiger charge is 2.26. The molecule has 106 valence electrons. The number of carboxylic acid groups (broad SMARTS) is 1. The van der Waals surface area contributed by atoms with Gasteiger partial charge in [0.05, 0.1) is 12.5 Å². The lowest BCUT2D eigenvalue weighted by atomic mass is 9.96. The van der Waals surface area contributed by atoms with Crippen LogP contribution < -0.4 is 0 Å². The zero-order chi connectivity index (χ0) is 14.0. The number of nitrogens with zero attached hydrogens (tertiary/aromatic N) is 3. The Kier molecular flexibility index (Phi) is 3.89. The molecule has 0 spiro atoms. The minimum absolute atomic E-state index is 0.113. The lowest BCUT2D eigenvalue weighted by Gasteiger charge is -2.28. The molecule has 0 aliphatic carbocycles. The van der Waals surface area contributed by atoms with Gasteiger partial charge in [-0.15, -0.1) is 0 Å². The predicted octanol–water partition coefficient (Wildman–Crippen LogP) is 1.66. The van der Waals surface area contributed by atoms with E-state index >= 15 is 0 Å². The van der Waals surface area contributed by atoms with E-state index in [4.69, 9.17) is 9.63 Å². The van der Waals surface area contributed by atoms with E-state index in [1.165, 1.54) is 0 Å². The van der Waals surface area contributed by atoms with Crippen molar-refractivity contribution >= 4 is 5.97 Å². The van der Waals surface area contributed by atoms with Gasteiger partial charge in [0.1, 0.15) is 0 Å². The number of aromatic nitrogens is 2. The van der Waals surface area contributed by atoms with E-state index in [1.54, 1.807) is 0 Å². The van der Waals surface area contributed by atoms with Gasteiger partial charge in [-0.25, -0.2) is 0 Å². The third kappa shape index (κ3) is 3.53. The summed E-state index contributed by atoms with van der Waals surface area (Å²) in [5.74, 6) is 0.429. The largest absolute Gasteiger partial charge is 0.481 e. The minimum Gasteiger partial charge on any atom is -0.481 e. The topological polar surface area (TPSA) is 79.5 Å². The van der Waals surface area contributed by atoms with Gasteiger partial charge in [-0.2, -0.15) is 4.98 Å². The van der Waals surface area contributed by atoms with E-state index in [2.05, 4.69) is 15.0 Å². The molecule has 6 nitrogen and oxygen atoms in total. The lowest BCUT2D eigenvalue weighted by molar-refractivity contribution is -0.143. The Morgan fingerprint density at radius 3 is 2.53 bits per heavy atom. The van der Waals surface area contributed by atoms with Crippen LogP contribution in [-0.4, -0.2) is 39.2 Å². The first-order valence-electron chi connectivity index (χ1n) is 6.64. The van der Waals surface area contributed by atoms with E-state index in [0.717, 1.165) is 13.1 Å². The number of likely N-dealkylation sites (tertiary alicyclic amines) is 1. The van der Waals surface area contributed by atoms with Crippen molar-refractivity contribution in [3.63, 3.8) is 0 Å². The maximum Gasteiger partial charge on any atom is 0.306 e. The zero-order valence-corrected chi connectivity index (χ0v) is 11.7. The van der Waals surface area contributed by atoms with Crippen molar-refractivity contribution in [2.75, 3.05) is 13.1 Å². The normalized spacial score (nSPS) is 18.7. The molecule has 19 heavy (non-hydrogen) atoms. The summed E-state index contributed by atoms with van der Waals surface area (Å²) in [6.07, 6.45) is 1.38. The van der Waals surface area contributed by atoms with Crippen LogP contribution in [0.3, 0.4) is 0 Å². The fraction of sp³-hybridized carbons (Fsp3) is 0.769. The Bertz CT molecular complexity index is 442. The van der Waals surface area contributed by atoms with Crippen molar-refractivity contribution in [3.8, 4) is 0 Å². The summed E-state index contributed by atoms with van der Waals surface area (Å²) in [5.41, 5.74) is -0.113. The quantitative estimate of drug-likeness (QED) is 0.897. The average molecular weight is 267 g/mol. The molecule has 1 aliphatic rings. The third-order valence-corrected chi connectivity index (χ3v) is 3.43. The van der Waals surface area contributed by atoms with E-state index in [1.807, 2.05) is 20.8 Å². The molecule has 1 N–H and O–H groups in total. The van der Waals surface area contributed by atoms with E-state index < -0.39 is 5.97 Å². The third-order valence-electron chi connectivity index (χ3n) is 3.43. The highest BCUT2D eigenvalue weighted by Crippen LogP contribution is 2.21. The van der Waals surface area contributed by atoms with Crippen LogP contribution in [0.25, 0.3) is 0 Å². The van der Waals surface area contributed by atoms with Gasteiger partial charge in [0, 0.05) is 5.41 Å². The molecule has 1 fully saturated rings. The first kappa shape index (κ1) is 14.0. The van der Waals surface area contributed by atoms with Crippen molar-refractivity contribution in [1.29, 1.82) is 0 Å². The summed E-state index contributed by atoms with van der Waals surface area (Å²) < 4.78 is 5.25. The van der Waals surface area contributed by atoms with Gasteiger partial charge < -0.3 is 9.63 Å². The maximum absolute atomic E-state index is 10.9. The Balaban J connectivity index is 1.89. The number of carboxylic acids is 1. The summed E-state index contributed by atoms with van der Waals surface area (Å²) >= 11 is 0. The first-order valence-corrected chi connectivity index (χ1v) is 6.64. The number of piperidine rings is 1. The van der Waals surface area contributed by atoms with Crippen LogP contribution >= 0.6 is 0 Å². The number of aliphatic carboxylic acids is 1. The molecule has 1 aromatic rings.